The Hall–Kier alpha value is -0.630. The molecule has 0 aromatic heterocycles. The van der Waals surface area contributed by atoms with E-state index in [1.165, 1.54) is 0 Å². The van der Waals surface area contributed by atoms with Crippen molar-refractivity contribution in [2.45, 2.75) is 27.2 Å². The molecule has 2 nitrogen and oxygen atoms in total. The number of ketones is 1. The quantitative estimate of drug-likeness (QED) is 0.618. The lowest BCUT2D eigenvalue weighted by Gasteiger charge is -2.18. The first-order chi connectivity index (χ1) is 5.01. The molecule has 0 aromatic rings. The highest BCUT2D eigenvalue weighted by atomic mass is 16.3. The molecule has 0 radical (unpaired) electrons. The predicted octanol–water partition coefficient (Wildman–Crippen LogP) is 1.29. The Balaban J connectivity index is 2.95. The predicted molar refractivity (Wildman–Crippen MR) is 43.2 cm³/mol. The third kappa shape index (κ3) is 1.11. The molecule has 1 rings (SSSR count). The summed E-state index contributed by atoms with van der Waals surface area (Å²) >= 11 is 0. The maximum Gasteiger partial charge on any atom is 0.166 e. The maximum atomic E-state index is 11.5. The van der Waals surface area contributed by atoms with Crippen LogP contribution in [0.4, 0.5) is 0 Å². The lowest BCUT2D eigenvalue weighted by atomic mass is 9.86. The van der Waals surface area contributed by atoms with Gasteiger partial charge in [-0.1, -0.05) is 5.57 Å². The molecular weight excluding hydrogens is 140 g/mol. The summed E-state index contributed by atoms with van der Waals surface area (Å²) in [7, 11) is 0. The van der Waals surface area contributed by atoms with Crippen LogP contribution in [0, 0.1) is 5.41 Å². The van der Waals surface area contributed by atoms with Gasteiger partial charge in [-0.3, -0.25) is 4.79 Å². The van der Waals surface area contributed by atoms with E-state index >= 15 is 0 Å². The Morgan fingerprint density at radius 2 is 2.09 bits per heavy atom. The van der Waals surface area contributed by atoms with Crippen molar-refractivity contribution < 1.29 is 9.90 Å². The van der Waals surface area contributed by atoms with E-state index in [-0.39, 0.29) is 12.4 Å². The van der Waals surface area contributed by atoms with E-state index in [9.17, 15) is 4.79 Å². The molecule has 0 fully saturated rings. The molecular formula is C9H14O2. The van der Waals surface area contributed by atoms with E-state index in [4.69, 9.17) is 5.11 Å². The van der Waals surface area contributed by atoms with Gasteiger partial charge in [0.05, 0.1) is 12.0 Å². The first-order valence-corrected chi connectivity index (χ1v) is 3.83. The number of carbonyl (C=O) groups excluding carboxylic acids is 1. The van der Waals surface area contributed by atoms with Crippen LogP contribution in [0.3, 0.4) is 0 Å². The molecule has 0 aromatic carbocycles. The molecule has 0 spiro atoms. The lowest BCUT2D eigenvalue weighted by Crippen LogP contribution is -2.27. The summed E-state index contributed by atoms with van der Waals surface area (Å²) in [6.07, 6.45) is 0.716. The van der Waals surface area contributed by atoms with Gasteiger partial charge >= 0.3 is 0 Å². The number of aliphatic hydroxyl groups is 1. The van der Waals surface area contributed by atoms with Gasteiger partial charge in [-0.25, -0.2) is 0 Å². The van der Waals surface area contributed by atoms with Crippen molar-refractivity contribution in [2.24, 2.45) is 5.41 Å². The molecule has 62 valence electrons. The Morgan fingerprint density at radius 1 is 1.55 bits per heavy atom. The molecule has 0 bridgehead atoms. The zero-order valence-electron chi connectivity index (χ0n) is 7.27. The highest BCUT2D eigenvalue weighted by Crippen LogP contribution is 2.37. The SMILES string of the molecule is CC1=C(C)C(=O)C(C)(CO)C1. The highest BCUT2D eigenvalue weighted by molar-refractivity contribution is 6.02. The number of aliphatic hydroxyl groups excluding tert-OH is 1. The van der Waals surface area contributed by atoms with Gasteiger partial charge in [-0.15, -0.1) is 0 Å². The Kier molecular flexibility index (Phi) is 1.89. The van der Waals surface area contributed by atoms with E-state index in [2.05, 4.69) is 0 Å². The molecule has 0 aliphatic heterocycles. The van der Waals surface area contributed by atoms with Crippen LogP contribution in [0.1, 0.15) is 27.2 Å². The summed E-state index contributed by atoms with van der Waals surface area (Å²) in [6.45, 7) is 5.56. The molecule has 1 aliphatic rings. The number of hydrogen-bond acceptors (Lipinski definition) is 2. The van der Waals surface area contributed by atoms with Gasteiger partial charge in [0, 0.05) is 0 Å². The van der Waals surface area contributed by atoms with Gasteiger partial charge in [0.15, 0.2) is 5.78 Å². The van der Waals surface area contributed by atoms with Crippen molar-refractivity contribution in [3.8, 4) is 0 Å². The van der Waals surface area contributed by atoms with Crippen LogP contribution >= 0.6 is 0 Å². The molecule has 11 heavy (non-hydrogen) atoms. The average molecular weight is 154 g/mol. The second-order valence-corrected chi connectivity index (χ2v) is 3.63. The second-order valence-electron chi connectivity index (χ2n) is 3.63. The first kappa shape index (κ1) is 8.47. The van der Waals surface area contributed by atoms with Crippen LogP contribution < -0.4 is 0 Å². The van der Waals surface area contributed by atoms with Crippen molar-refractivity contribution in [3.63, 3.8) is 0 Å². The van der Waals surface area contributed by atoms with Crippen molar-refractivity contribution in [3.05, 3.63) is 11.1 Å². The summed E-state index contributed by atoms with van der Waals surface area (Å²) in [6, 6.07) is 0. The standard InChI is InChI=1S/C9H14O2/c1-6-4-9(3,5-10)8(11)7(6)2/h10H,4-5H2,1-3H3. The number of Topliss-reactive ketones (excluding diaryl/α,β-unsaturated/α-hetero) is 1. The molecule has 2 heteroatoms. The molecule has 0 heterocycles. The molecule has 1 aliphatic carbocycles. The van der Waals surface area contributed by atoms with Gasteiger partial charge in [0.25, 0.3) is 0 Å². The second kappa shape index (κ2) is 2.45. The number of rotatable bonds is 1. The molecule has 0 saturated heterocycles. The zero-order valence-corrected chi connectivity index (χ0v) is 7.27. The molecule has 0 saturated carbocycles. The smallest absolute Gasteiger partial charge is 0.166 e. The molecule has 1 atom stereocenters. The van der Waals surface area contributed by atoms with Gasteiger partial charge < -0.3 is 5.11 Å². The minimum atomic E-state index is -0.520. The molecule has 0 amide bonds. The topological polar surface area (TPSA) is 37.3 Å². The third-order valence-corrected chi connectivity index (χ3v) is 2.53. The molecule has 1 unspecified atom stereocenters. The Bertz CT molecular complexity index is 228. The third-order valence-electron chi connectivity index (χ3n) is 2.53. The Morgan fingerprint density at radius 3 is 2.27 bits per heavy atom. The van der Waals surface area contributed by atoms with Crippen molar-refractivity contribution >= 4 is 5.78 Å². The van der Waals surface area contributed by atoms with Crippen molar-refractivity contribution in [1.29, 1.82) is 0 Å². The van der Waals surface area contributed by atoms with Crippen LogP contribution in [0.15, 0.2) is 11.1 Å². The zero-order chi connectivity index (χ0) is 8.65. The van der Waals surface area contributed by atoms with E-state index in [0.29, 0.717) is 6.42 Å². The number of hydrogen-bond donors (Lipinski definition) is 1. The van der Waals surface area contributed by atoms with Gasteiger partial charge in [-0.2, -0.15) is 0 Å². The summed E-state index contributed by atoms with van der Waals surface area (Å²) in [5.74, 6) is 0.109. The van der Waals surface area contributed by atoms with E-state index < -0.39 is 5.41 Å². The van der Waals surface area contributed by atoms with Crippen LogP contribution in [0.25, 0.3) is 0 Å². The van der Waals surface area contributed by atoms with Gasteiger partial charge in [0.2, 0.25) is 0 Å². The van der Waals surface area contributed by atoms with E-state index in [1.807, 2.05) is 20.8 Å². The van der Waals surface area contributed by atoms with Crippen molar-refractivity contribution in [1.82, 2.24) is 0 Å². The fourth-order valence-electron chi connectivity index (χ4n) is 1.57. The van der Waals surface area contributed by atoms with Crippen LogP contribution in [0.5, 0.6) is 0 Å². The normalized spacial score (nSPS) is 31.8. The summed E-state index contributed by atoms with van der Waals surface area (Å²) in [5.41, 5.74) is 1.43. The maximum absolute atomic E-state index is 11.5. The average Bonchev–Trinajstić information content (AvgIpc) is 2.17. The van der Waals surface area contributed by atoms with E-state index in [0.717, 1.165) is 11.1 Å². The fraction of sp³-hybridized carbons (Fsp3) is 0.667. The van der Waals surface area contributed by atoms with Gasteiger partial charge in [-0.05, 0) is 32.8 Å². The summed E-state index contributed by atoms with van der Waals surface area (Å²) < 4.78 is 0. The molecule has 1 N–H and O–H groups in total. The summed E-state index contributed by atoms with van der Waals surface area (Å²) in [5, 5.41) is 8.98. The number of allylic oxidation sites excluding steroid dienone is 2. The monoisotopic (exact) mass is 154 g/mol. The minimum absolute atomic E-state index is 0.0412. The van der Waals surface area contributed by atoms with Crippen LogP contribution in [-0.2, 0) is 4.79 Å². The summed E-state index contributed by atoms with van der Waals surface area (Å²) in [4.78, 5) is 11.5. The Labute approximate surface area is 66.9 Å². The van der Waals surface area contributed by atoms with Gasteiger partial charge in [0.1, 0.15) is 0 Å². The number of carbonyl (C=O) groups is 1. The lowest BCUT2D eigenvalue weighted by molar-refractivity contribution is -0.124. The van der Waals surface area contributed by atoms with Crippen molar-refractivity contribution in [2.75, 3.05) is 6.61 Å². The fourth-order valence-corrected chi connectivity index (χ4v) is 1.57. The van der Waals surface area contributed by atoms with Crippen LogP contribution in [0.2, 0.25) is 0 Å². The first-order valence-electron chi connectivity index (χ1n) is 3.83. The largest absolute Gasteiger partial charge is 0.395 e. The van der Waals surface area contributed by atoms with E-state index in [1.54, 1.807) is 0 Å². The van der Waals surface area contributed by atoms with Crippen LogP contribution in [-0.4, -0.2) is 17.5 Å². The minimum Gasteiger partial charge on any atom is -0.395 e. The highest BCUT2D eigenvalue weighted by Gasteiger charge is 2.39.